The predicted octanol–water partition coefficient (Wildman–Crippen LogP) is 4.01. The molecule has 1 heterocycles. The molecule has 0 aliphatic rings. The Kier molecular flexibility index (Phi) is 4.85. The summed E-state index contributed by atoms with van der Waals surface area (Å²) in [6.45, 7) is 0. The topological polar surface area (TPSA) is 54.0 Å². The standard InChI is InChI=1S/C16H12ClN3OS2/c17-11-7-5-10(6-8-11)9-14(21)19-15(22)20-16-18-12-3-1-2-4-13(12)23-16/h1-8H,9H2,(H2,18,19,20,21,22). The summed E-state index contributed by atoms with van der Waals surface area (Å²) in [5, 5.41) is 7.13. The van der Waals surface area contributed by atoms with Crippen molar-refractivity contribution in [3.63, 3.8) is 0 Å². The molecule has 0 bridgehead atoms. The number of hydrogen-bond acceptors (Lipinski definition) is 4. The average molecular weight is 362 g/mol. The third-order valence-electron chi connectivity index (χ3n) is 3.05. The SMILES string of the molecule is O=C(Cc1ccc(Cl)cc1)NC(=S)Nc1nc2ccccc2s1. The number of fused-ring (bicyclic) bond motifs is 1. The third-order valence-corrected chi connectivity index (χ3v) is 4.45. The molecule has 116 valence electrons. The first-order chi connectivity index (χ1) is 11.1. The van der Waals surface area contributed by atoms with Gasteiger partial charge in [0.1, 0.15) is 0 Å². The molecule has 3 rings (SSSR count). The number of thiocarbonyl (C=S) groups is 1. The van der Waals surface area contributed by atoms with Crippen LogP contribution in [0.15, 0.2) is 48.5 Å². The van der Waals surface area contributed by atoms with Gasteiger partial charge in [0.2, 0.25) is 5.91 Å². The van der Waals surface area contributed by atoms with Gasteiger partial charge in [-0.2, -0.15) is 0 Å². The van der Waals surface area contributed by atoms with Gasteiger partial charge in [-0.1, -0.05) is 47.2 Å². The van der Waals surface area contributed by atoms with Crippen LogP contribution in [-0.4, -0.2) is 16.0 Å². The number of anilines is 1. The second-order valence-corrected chi connectivity index (χ2v) is 6.67. The van der Waals surface area contributed by atoms with E-state index in [9.17, 15) is 4.79 Å². The molecule has 7 heteroatoms. The van der Waals surface area contributed by atoms with Gasteiger partial charge >= 0.3 is 0 Å². The zero-order valence-electron chi connectivity index (χ0n) is 11.9. The van der Waals surface area contributed by atoms with E-state index < -0.39 is 0 Å². The van der Waals surface area contributed by atoms with Crippen molar-refractivity contribution < 1.29 is 4.79 Å². The van der Waals surface area contributed by atoms with Crippen LogP contribution in [0.25, 0.3) is 10.2 Å². The Morgan fingerprint density at radius 3 is 2.65 bits per heavy atom. The summed E-state index contributed by atoms with van der Waals surface area (Å²) >= 11 is 12.5. The average Bonchev–Trinajstić information content (AvgIpc) is 2.91. The maximum absolute atomic E-state index is 12.0. The summed E-state index contributed by atoms with van der Waals surface area (Å²) in [4.78, 5) is 16.4. The fourth-order valence-electron chi connectivity index (χ4n) is 2.01. The zero-order chi connectivity index (χ0) is 16.2. The second-order valence-electron chi connectivity index (χ2n) is 4.79. The Balaban J connectivity index is 1.58. The Bertz CT molecular complexity index is 828. The number of nitrogens with zero attached hydrogens (tertiary/aromatic N) is 1. The largest absolute Gasteiger partial charge is 0.308 e. The van der Waals surface area contributed by atoms with E-state index in [0.717, 1.165) is 15.8 Å². The van der Waals surface area contributed by atoms with Gasteiger partial charge in [0, 0.05) is 5.02 Å². The van der Waals surface area contributed by atoms with Crippen LogP contribution in [0, 0.1) is 0 Å². The first kappa shape index (κ1) is 15.9. The molecule has 0 spiro atoms. The fraction of sp³-hybridized carbons (Fsp3) is 0.0625. The summed E-state index contributed by atoms with van der Waals surface area (Å²) in [5.74, 6) is -0.189. The Morgan fingerprint density at radius 2 is 1.91 bits per heavy atom. The van der Waals surface area contributed by atoms with Crippen molar-refractivity contribution in [1.29, 1.82) is 0 Å². The molecule has 1 aromatic heterocycles. The molecule has 0 aliphatic heterocycles. The highest BCUT2D eigenvalue weighted by Crippen LogP contribution is 2.25. The fourth-order valence-corrected chi connectivity index (χ4v) is 3.28. The third kappa shape index (κ3) is 4.25. The minimum Gasteiger partial charge on any atom is -0.308 e. The van der Waals surface area contributed by atoms with Crippen LogP contribution >= 0.6 is 35.2 Å². The molecule has 2 N–H and O–H groups in total. The van der Waals surface area contributed by atoms with Crippen molar-refractivity contribution in [2.24, 2.45) is 0 Å². The molecule has 2 aromatic carbocycles. The number of rotatable bonds is 3. The highest BCUT2D eigenvalue weighted by atomic mass is 35.5. The number of carbonyl (C=O) groups is 1. The van der Waals surface area contributed by atoms with Crippen LogP contribution in [0.2, 0.25) is 5.02 Å². The number of aromatic nitrogens is 1. The Hall–Kier alpha value is -2.02. The number of para-hydroxylation sites is 1. The Morgan fingerprint density at radius 1 is 1.17 bits per heavy atom. The molecule has 23 heavy (non-hydrogen) atoms. The van der Waals surface area contributed by atoms with Crippen molar-refractivity contribution in [2.45, 2.75) is 6.42 Å². The molecule has 1 amide bonds. The van der Waals surface area contributed by atoms with Crippen LogP contribution in [0.1, 0.15) is 5.56 Å². The minimum atomic E-state index is -0.189. The number of hydrogen-bond donors (Lipinski definition) is 2. The zero-order valence-corrected chi connectivity index (χ0v) is 14.3. The molecule has 0 saturated carbocycles. The molecule has 3 aromatic rings. The first-order valence-electron chi connectivity index (χ1n) is 6.81. The van der Waals surface area contributed by atoms with Crippen LogP contribution in [0.3, 0.4) is 0 Å². The van der Waals surface area contributed by atoms with Crippen molar-refractivity contribution >= 4 is 61.5 Å². The highest BCUT2D eigenvalue weighted by Gasteiger charge is 2.09. The summed E-state index contributed by atoms with van der Waals surface area (Å²) in [6.07, 6.45) is 0.235. The van der Waals surface area contributed by atoms with Crippen molar-refractivity contribution in [2.75, 3.05) is 5.32 Å². The summed E-state index contributed by atoms with van der Waals surface area (Å²) < 4.78 is 1.06. The minimum absolute atomic E-state index is 0.189. The van der Waals surface area contributed by atoms with Gasteiger partial charge in [-0.25, -0.2) is 4.98 Å². The maximum Gasteiger partial charge on any atom is 0.230 e. The molecule has 0 radical (unpaired) electrons. The van der Waals surface area contributed by atoms with E-state index in [1.807, 2.05) is 36.4 Å². The molecule has 0 unspecified atom stereocenters. The summed E-state index contributed by atoms with van der Waals surface area (Å²) in [6, 6.07) is 14.9. The highest BCUT2D eigenvalue weighted by molar-refractivity contribution is 7.80. The number of benzene rings is 2. The van der Waals surface area contributed by atoms with Crippen molar-refractivity contribution in [3.8, 4) is 0 Å². The van der Waals surface area contributed by atoms with Gasteiger partial charge in [0.25, 0.3) is 0 Å². The summed E-state index contributed by atoms with van der Waals surface area (Å²) in [7, 11) is 0. The van der Waals surface area contributed by atoms with Gasteiger partial charge in [0.05, 0.1) is 16.6 Å². The number of nitrogens with one attached hydrogen (secondary N) is 2. The number of carbonyl (C=O) groups excluding carboxylic acids is 1. The van der Waals surface area contributed by atoms with Gasteiger partial charge in [-0.3, -0.25) is 4.79 Å². The van der Waals surface area contributed by atoms with Crippen LogP contribution in [0.5, 0.6) is 0 Å². The lowest BCUT2D eigenvalue weighted by Crippen LogP contribution is -2.35. The molecular formula is C16H12ClN3OS2. The van der Waals surface area contributed by atoms with E-state index >= 15 is 0 Å². The van der Waals surface area contributed by atoms with Crippen LogP contribution < -0.4 is 10.6 Å². The smallest absolute Gasteiger partial charge is 0.230 e. The molecule has 0 atom stereocenters. The number of halogens is 1. The van der Waals surface area contributed by atoms with E-state index in [1.165, 1.54) is 11.3 Å². The monoisotopic (exact) mass is 361 g/mol. The lowest BCUT2D eigenvalue weighted by Gasteiger charge is -2.07. The molecule has 0 fully saturated rings. The van der Waals surface area contributed by atoms with E-state index in [-0.39, 0.29) is 17.4 Å². The van der Waals surface area contributed by atoms with Crippen LogP contribution in [-0.2, 0) is 11.2 Å². The predicted molar refractivity (Wildman–Crippen MR) is 99.1 cm³/mol. The molecule has 0 saturated heterocycles. The molecular weight excluding hydrogens is 350 g/mol. The van der Waals surface area contributed by atoms with Gasteiger partial charge < -0.3 is 10.6 Å². The van der Waals surface area contributed by atoms with Gasteiger partial charge in [0.15, 0.2) is 10.2 Å². The number of amides is 1. The first-order valence-corrected chi connectivity index (χ1v) is 8.41. The lowest BCUT2D eigenvalue weighted by atomic mass is 10.1. The quantitative estimate of drug-likeness (QED) is 0.692. The maximum atomic E-state index is 12.0. The van der Waals surface area contributed by atoms with Crippen LogP contribution in [0.4, 0.5) is 5.13 Å². The molecule has 4 nitrogen and oxygen atoms in total. The lowest BCUT2D eigenvalue weighted by molar-refractivity contribution is -0.119. The van der Waals surface area contributed by atoms with Gasteiger partial charge in [-0.05, 0) is 42.0 Å². The van der Waals surface area contributed by atoms with Gasteiger partial charge in [-0.15, -0.1) is 0 Å². The molecule has 0 aliphatic carbocycles. The second kappa shape index (κ2) is 7.04. The normalized spacial score (nSPS) is 10.5. The summed E-state index contributed by atoms with van der Waals surface area (Å²) in [5.41, 5.74) is 1.77. The van der Waals surface area contributed by atoms with E-state index in [2.05, 4.69) is 15.6 Å². The number of thiazole rings is 1. The van der Waals surface area contributed by atoms with Crippen molar-refractivity contribution in [1.82, 2.24) is 10.3 Å². The van der Waals surface area contributed by atoms with E-state index in [4.69, 9.17) is 23.8 Å². The van der Waals surface area contributed by atoms with Crippen molar-refractivity contribution in [3.05, 3.63) is 59.1 Å². The Labute approximate surface area is 147 Å². The van der Waals surface area contributed by atoms with E-state index in [1.54, 1.807) is 12.1 Å². The van der Waals surface area contributed by atoms with E-state index in [0.29, 0.717) is 10.2 Å².